The summed E-state index contributed by atoms with van der Waals surface area (Å²) in [6, 6.07) is 0. The first-order valence-corrected chi connectivity index (χ1v) is 9.34. The second-order valence-electron chi connectivity index (χ2n) is 6.33. The van der Waals surface area contributed by atoms with Gasteiger partial charge in [-0.1, -0.05) is 47.3 Å². The molecule has 0 radical (unpaired) electrons. The van der Waals surface area contributed by atoms with Crippen LogP contribution in [0.2, 0.25) is 25.2 Å². The highest BCUT2D eigenvalue weighted by molar-refractivity contribution is 6.77. The lowest BCUT2D eigenvalue weighted by Gasteiger charge is -2.33. The molecule has 0 aromatic carbocycles. The number of hydrogen-bond acceptors (Lipinski definition) is 0. The fraction of sp³-hybridized carbons (Fsp3) is 1.00. The highest BCUT2D eigenvalue weighted by atomic mass is 28.3. The van der Waals surface area contributed by atoms with E-state index in [-0.39, 0.29) is 0 Å². The fourth-order valence-electron chi connectivity index (χ4n) is 3.67. The summed E-state index contributed by atoms with van der Waals surface area (Å²) >= 11 is 0. The molecule has 0 aromatic heterocycles. The predicted molar refractivity (Wildman–Crippen MR) is 63.8 cm³/mol. The van der Waals surface area contributed by atoms with Gasteiger partial charge >= 0.3 is 0 Å². The Morgan fingerprint density at radius 1 is 0.615 bits per heavy atom. The first-order valence-electron chi connectivity index (χ1n) is 5.76. The molecule has 1 aliphatic carbocycles. The highest BCUT2D eigenvalue weighted by Gasteiger charge is 2.46. The van der Waals surface area contributed by atoms with Gasteiger partial charge in [0.2, 0.25) is 0 Å². The molecule has 1 saturated carbocycles. The van der Waals surface area contributed by atoms with Gasteiger partial charge in [0.05, 0.1) is 0 Å². The summed E-state index contributed by atoms with van der Waals surface area (Å²) in [5, 5.41) is 0. The largest absolute Gasteiger partial charge is 0.0693 e. The topological polar surface area (TPSA) is 0 Å². The number of rotatable bonds is 1. The van der Waals surface area contributed by atoms with Crippen molar-refractivity contribution in [2.45, 2.75) is 52.9 Å². The minimum atomic E-state index is -0.934. The van der Waals surface area contributed by atoms with E-state index in [1.165, 1.54) is 0 Å². The molecule has 4 unspecified atom stereocenters. The van der Waals surface area contributed by atoms with Crippen molar-refractivity contribution in [1.29, 1.82) is 0 Å². The van der Waals surface area contributed by atoms with E-state index in [1.807, 2.05) is 0 Å². The van der Waals surface area contributed by atoms with Crippen molar-refractivity contribution in [1.82, 2.24) is 0 Å². The van der Waals surface area contributed by atoms with Gasteiger partial charge < -0.3 is 0 Å². The molecule has 1 rings (SSSR count). The molecule has 4 atom stereocenters. The predicted octanol–water partition coefficient (Wildman–Crippen LogP) is 4.25. The lowest BCUT2D eigenvalue weighted by Crippen LogP contribution is -2.33. The molecular weight excluding hydrogens is 172 g/mol. The van der Waals surface area contributed by atoms with Crippen LogP contribution in [0.25, 0.3) is 0 Å². The molecule has 0 nitrogen and oxygen atoms in total. The molecule has 0 aliphatic heterocycles. The number of hydrogen-bond donors (Lipinski definition) is 0. The molecule has 0 bridgehead atoms. The highest BCUT2D eigenvalue weighted by Crippen LogP contribution is 2.53. The van der Waals surface area contributed by atoms with Crippen LogP contribution in [0, 0.1) is 23.7 Å². The molecular formula is C12H26Si. The van der Waals surface area contributed by atoms with Crippen LogP contribution in [0.3, 0.4) is 0 Å². The molecule has 0 heterocycles. The summed E-state index contributed by atoms with van der Waals surface area (Å²) in [6.45, 7) is 17.5. The zero-order valence-electron chi connectivity index (χ0n) is 10.4. The van der Waals surface area contributed by atoms with E-state index in [2.05, 4.69) is 47.3 Å². The second-order valence-corrected chi connectivity index (χ2v) is 11.7. The van der Waals surface area contributed by atoms with Gasteiger partial charge in [0.25, 0.3) is 0 Å². The van der Waals surface area contributed by atoms with Crippen LogP contribution in [0.15, 0.2) is 0 Å². The minimum Gasteiger partial charge on any atom is -0.0693 e. The lowest BCUT2D eigenvalue weighted by molar-refractivity contribution is 0.352. The van der Waals surface area contributed by atoms with Gasteiger partial charge in [0.15, 0.2) is 0 Å². The van der Waals surface area contributed by atoms with Crippen LogP contribution in [-0.2, 0) is 0 Å². The zero-order valence-corrected chi connectivity index (χ0v) is 11.4. The van der Waals surface area contributed by atoms with Gasteiger partial charge in [-0.05, 0) is 29.2 Å². The Hall–Kier alpha value is 0.217. The quantitative estimate of drug-likeness (QED) is 0.553. The molecule has 13 heavy (non-hydrogen) atoms. The summed E-state index contributed by atoms with van der Waals surface area (Å²) in [4.78, 5) is 0. The van der Waals surface area contributed by atoms with E-state index < -0.39 is 8.07 Å². The first-order chi connectivity index (χ1) is 5.76. The lowest BCUT2D eigenvalue weighted by atomic mass is 9.92. The molecule has 0 aromatic rings. The molecule has 0 spiro atoms. The molecule has 78 valence electrons. The maximum Gasteiger partial charge on any atom is 0.0479 e. The third kappa shape index (κ3) is 1.86. The van der Waals surface area contributed by atoms with Crippen molar-refractivity contribution in [2.75, 3.05) is 0 Å². The van der Waals surface area contributed by atoms with E-state index in [4.69, 9.17) is 0 Å². The zero-order chi connectivity index (χ0) is 10.4. The SMILES string of the molecule is CC1C(C)C(C)C([Si](C)(C)C)C1C. The van der Waals surface area contributed by atoms with Crippen LogP contribution in [0.4, 0.5) is 0 Å². The smallest absolute Gasteiger partial charge is 0.0479 e. The van der Waals surface area contributed by atoms with Crippen LogP contribution >= 0.6 is 0 Å². The van der Waals surface area contributed by atoms with Gasteiger partial charge in [-0.2, -0.15) is 0 Å². The standard InChI is InChI=1S/C12H26Si/c1-8-9(2)11(4)12(10(8)3)13(5,6)7/h8-12H,1-7H3. The van der Waals surface area contributed by atoms with Gasteiger partial charge in [-0.3, -0.25) is 0 Å². The van der Waals surface area contributed by atoms with E-state index in [1.54, 1.807) is 0 Å². The molecule has 0 amide bonds. The normalized spacial score (nSPS) is 46.8. The first kappa shape index (κ1) is 11.3. The Labute approximate surface area is 85.1 Å². The van der Waals surface area contributed by atoms with E-state index in [0.29, 0.717) is 0 Å². The monoisotopic (exact) mass is 198 g/mol. The third-order valence-corrected chi connectivity index (χ3v) is 7.67. The van der Waals surface area contributed by atoms with Crippen molar-refractivity contribution in [3.63, 3.8) is 0 Å². The average molecular weight is 198 g/mol. The summed E-state index contributed by atoms with van der Waals surface area (Å²) in [7, 11) is -0.934. The van der Waals surface area contributed by atoms with Crippen molar-refractivity contribution in [2.24, 2.45) is 23.7 Å². The molecule has 0 N–H and O–H groups in total. The van der Waals surface area contributed by atoms with Crippen molar-refractivity contribution < 1.29 is 0 Å². The van der Waals surface area contributed by atoms with Gasteiger partial charge in [0.1, 0.15) is 0 Å². The molecule has 0 saturated heterocycles. The van der Waals surface area contributed by atoms with Crippen LogP contribution < -0.4 is 0 Å². The maximum absolute atomic E-state index is 2.54. The van der Waals surface area contributed by atoms with E-state index in [0.717, 1.165) is 29.2 Å². The van der Waals surface area contributed by atoms with Crippen molar-refractivity contribution >= 4 is 8.07 Å². The molecule has 1 heteroatoms. The summed E-state index contributed by atoms with van der Waals surface area (Å²) < 4.78 is 0. The Morgan fingerprint density at radius 2 is 0.923 bits per heavy atom. The molecule has 1 fully saturated rings. The van der Waals surface area contributed by atoms with Gasteiger partial charge in [-0.15, -0.1) is 0 Å². The van der Waals surface area contributed by atoms with Gasteiger partial charge in [0, 0.05) is 8.07 Å². The Balaban J connectivity index is 2.88. The van der Waals surface area contributed by atoms with Crippen LogP contribution in [-0.4, -0.2) is 8.07 Å². The summed E-state index contributed by atoms with van der Waals surface area (Å²) in [6.07, 6.45) is 0. The van der Waals surface area contributed by atoms with E-state index in [9.17, 15) is 0 Å². The van der Waals surface area contributed by atoms with Crippen molar-refractivity contribution in [3.05, 3.63) is 0 Å². The Bertz CT molecular complexity index is 166. The fourth-order valence-corrected chi connectivity index (χ4v) is 7.43. The maximum atomic E-state index is 2.54. The summed E-state index contributed by atoms with van der Waals surface area (Å²) in [5.74, 6) is 3.78. The Kier molecular flexibility index (Phi) is 2.97. The van der Waals surface area contributed by atoms with Crippen LogP contribution in [0.5, 0.6) is 0 Å². The summed E-state index contributed by atoms with van der Waals surface area (Å²) in [5.41, 5.74) is 1.04. The van der Waals surface area contributed by atoms with Crippen LogP contribution in [0.1, 0.15) is 27.7 Å². The minimum absolute atomic E-state index is 0.934. The average Bonchev–Trinajstić information content (AvgIpc) is 2.14. The Morgan fingerprint density at radius 3 is 1.08 bits per heavy atom. The van der Waals surface area contributed by atoms with E-state index >= 15 is 0 Å². The van der Waals surface area contributed by atoms with Crippen molar-refractivity contribution in [3.8, 4) is 0 Å². The third-order valence-electron chi connectivity index (χ3n) is 4.62. The second kappa shape index (κ2) is 3.41. The van der Waals surface area contributed by atoms with Gasteiger partial charge in [-0.25, -0.2) is 0 Å². The molecule has 1 aliphatic rings.